The molecule has 1 rings (SSSR count). The summed E-state index contributed by atoms with van der Waals surface area (Å²) in [6.45, 7) is 4.30. The van der Waals surface area contributed by atoms with Gasteiger partial charge in [-0.1, -0.05) is 25.1 Å². The molecule has 0 bridgehead atoms. The van der Waals surface area contributed by atoms with Crippen LogP contribution in [0.1, 0.15) is 23.6 Å². The molecule has 0 radical (unpaired) electrons. The van der Waals surface area contributed by atoms with E-state index in [1.165, 1.54) is 11.1 Å². The lowest BCUT2D eigenvalue weighted by Gasteiger charge is -2.07. The summed E-state index contributed by atoms with van der Waals surface area (Å²) in [5.74, 6) is 0. The van der Waals surface area contributed by atoms with Crippen molar-refractivity contribution in [2.75, 3.05) is 0 Å². The molecule has 60 valence electrons. The second-order valence-corrected chi connectivity index (χ2v) is 2.72. The minimum absolute atomic E-state index is 0.163. The maximum atomic E-state index is 9.03. The van der Waals surface area contributed by atoms with Gasteiger partial charge in [0.1, 0.15) is 0 Å². The zero-order valence-electron chi connectivity index (χ0n) is 7.09. The number of aryl methyl sites for hydroxylation is 2. The van der Waals surface area contributed by atoms with Crippen LogP contribution in [-0.2, 0) is 13.0 Å². The van der Waals surface area contributed by atoms with Crippen molar-refractivity contribution in [1.82, 2.24) is 0 Å². The molecule has 0 atom stereocenters. The largest absolute Gasteiger partial charge is 0.392 e. The topological polar surface area (TPSA) is 20.2 Å². The highest BCUT2D eigenvalue weighted by molar-refractivity contribution is 5.33. The Kier molecular flexibility index (Phi) is 2.66. The summed E-state index contributed by atoms with van der Waals surface area (Å²) in [7, 11) is 0. The average molecular weight is 150 g/mol. The third-order valence-electron chi connectivity index (χ3n) is 2.05. The number of hydrogen-bond acceptors (Lipinski definition) is 1. The van der Waals surface area contributed by atoms with Gasteiger partial charge in [-0.15, -0.1) is 0 Å². The Labute approximate surface area is 67.7 Å². The lowest BCUT2D eigenvalue weighted by Crippen LogP contribution is -1.94. The SMILES string of the molecule is CCc1cccc(C)c1CO. The van der Waals surface area contributed by atoms with Crippen molar-refractivity contribution in [1.29, 1.82) is 0 Å². The molecule has 0 amide bonds. The molecule has 0 saturated heterocycles. The first-order chi connectivity index (χ1) is 5.29. The Bertz CT molecular complexity index is 241. The maximum absolute atomic E-state index is 9.03. The number of rotatable bonds is 2. The van der Waals surface area contributed by atoms with Crippen molar-refractivity contribution < 1.29 is 5.11 Å². The van der Waals surface area contributed by atoms with Crippen LogP contribution < -0.4 is 0 Å². The van der Waals surface area contributed by atoms with Gasteiger partial charge < -0.3 is 5.11 Å². The fourth-order valence-corrected chi connectivity index (χ4v) is 1.32. The van der Waals surface area contributed by atoms with E-state index < -0.39 is 0 Å². The molecule has 11 heavy (non-hydrogen) atoms. The van der Waals surface area contributed by atoms with Crippen molar-refractivity contribution in [3.8, 4) is 0 Å². The van der Waals surface area contributed by atoms with Gasteiger partial charge in [0.15, 0.2) is 0 Å². The first-order valence-corrected chi connectivity index (χ1v) is 3.97. The molecule has 0 aliphatic carbocycles. The zero-order chi connectivity index (χ0) is 8.27. The van der Waals surface area contributed by atoms with E-state index in [1.54, 1.807) is 0 Å². The van der Waals surface area contributed by atoms with E-state index >= 15 is 0 Å². The predicted molar refractivity (Wildman–Crippen MR) is 46.5 cm³/mol. The summed E-state index contributed by atoms with van der Waals surface area (Å²) in [6, 6.07) is 6.14. The van der Waals surface area contributed by atoms with Gasteiger partial charge >= 0.3 is 0 Å². The average Bonchev–Trinajstić information content (AvgIpc) is 2.04. The van der Waals surface area contributed by atoms with Crippen molar-refractivity contribution >= 4 is 0 Å². The van der Waals surface area contributed by atoms with Crippen LogP contribution in [-0.4, -0.2) is 5.11 Å². The quantitative estimate of drug-likeness (QED) is 0.684. The van der Waals surface area contributed by atoms with Crippen molar-refractivity contribution in [3.05, 3.63) is 34.9 Å². The second kappa shape index (κ2) is 3.54. The molecule has 0 unspecified atom stereocenters. The van der Waals surface area contributed by atoms with Crippen LogP contribution in [0.2, 0.25) is 0 Å². The normalized spacial score (nSPS) is 10.1. The summed E-state index contributed by atoms with van der Waals surface area (Å²) < 4.78 is 0. The maximum Gasteiger partial charge on any atom is 0.0687 e. The lowest BCUT2D eigenvalue weighted by molar-refractivity contribution is 0.280. The molecular weight excluding hydrogens is 136 g/mol. The monoisotopic (exact) mass is 150 g/mol. The summed E-state index contributed by atoms with van der Waals surface area (Å²) >= 11 is 0. The molecule has 0 aliphatic rings. The van der Waals surface area contributed by atoms with E-state index in [9.17, 15) is 0 Å². The van der Waals surface area contributed by atoms with Gasteiger partial charge in [0.25, 0.3) is 0 Å². The Morgan fingerprint density at radius 2 is 2.09 bits per heavy atom. The number of hydrogen-bond donors (Lipinski definition) is 1. The molecule has 1 N–H and O–H groups in total. The van der Waals surface area contributed by atoms with Gasteiger partial charge in [0.2, 0.25) is 0 Å². The van der Waals surface area contributed by atoms with Crippen LogP contribution >= 0.6 is 0 Å². The van der Waals surface area contributed by atoms with Gasteiger partial charge in [-0.05, 0) is 30.0 Å². The fourth-order valence-electron chi connectivity index (χ4n) is 1.32. The molecule has 0 spiro atoms. The van der Waals surface area contributed by atoms with Crippen LogP contribution in [0.15, 0.2) is 18.2 Å². The Morgan fingerprint density at radius 3 is 2.55 bits per heavy atom. The standard InChI is InChI=1S/C10H14O/c1-3-9-6-4-5-8(2)10(9)7-11/h4-6,11H,3,7H2,1-2H3. The summed E-state index contributed by atoms with van der Waals surface area (Å²) in [5.41, 5.74) is 3.54. The second-order valence-electron chi connectivity index (χ2n) is 2.72. The van der Waals surface area contributed by atoms with Gasteiger partial charge in [0, 0.05) is 0 Å². The molecule has 0 heterocycles. The first kappa shape index (κ1) is 8.28. The highest BCUT2D eigenvalue weighted by Crippen LogP contribution is 2.14. The Balaban J connectivity index is 3.13. The zero-order valence-corrected chi connectivity index (χ0v) is 7.09. The van der Waals surface area contributed by atoms with Crippen LogP contribution in [0, 0.1) is 6.92 Å². The molecular formula is C10H14O. The van der Waals surface area contributed by atoms with E-state index in [0.29, 0.717) is 0 Å². The highest BCUT2D eigenvalue weighted by atomic mass is 16.3. The van der Waals surface area contributed by atoms with Crippen LogP contribution in [0.5, 0.6) is 0 Å². The molecule has 1 nitrogen and oxygen atoms in total. The number of benzene rings is 1. The van der Waals surface area contributed by atoms with Gasteiger partial charge in [-0.3, -0.25) is 0 Å². The molecule has 0 saturated carbocycles. The fraction of sp³-hybridized carbons (Fsp3) is 0.400. The third kappa shape index (κ3) is 1.60. The molecule has 0 aliphatic heterocycles. The number of aliphatic hydroxyl groups is 1. The predicted octanol–water partition coefficient (Wildman–Crippen LogP) is 2.05. The van der Waals surface area contributed by atoms with Crippen molar-refractivity contribution in [3.63, 3.8) is 0 Å². The van der Waals surface area contributed by atoms with E-state index in [-0.39, 0.29) is 6.61 Å². The molecule has 0 aromatic heterocycles. The summed E-state index contributed by atoms with van der Waals surface area (Å²) in [4.78, 5) is 0. The molecule has 1 heteroatoms. The molecule has 1 aromatic rings. The van der Waals surface area contributed by atoms with Gasteiger partial charge in [-0.2, -0.15) is 0 Å². The minimum Gasteiger partial charge on any atom is -0.392 e. The van der Waals surface area contributed by atoms with Crippen LogP contribution in [0.3, 0.4) is 0 Å². The Hall–Kier alpha value is -0.820. The minimum atomic E-state index is 0.163. The van der Waals surface area contributed by atoms with Crippen LogP contribution in [0.4, 0.5) is 0 Å². The van der Waals surface area contributed by atoms with E-state index in [4.69, 9.17) is 5.11 Å². The highest BCUT2D eigenvalue weighted by Gasteiger charge is 2.00. The van der Waals surface area contributed by atoms with Crippen molar-refractivity contribution in [2.24, 2.45) is 0 Å². The Morgan fingerprint density at radius 1 is 1.36 bits per heavy atom. The van der Waals surface area contributed by atoms with Gasteiger partial charge in [0.05, 0.1) is 6.61 Å². The molecule has 0 fully saturated rings. The van der Waals surface area contributed by atoms with Gasteiger partial charge in [-0.25, -0.2) is 0 Å². The third-order valence-corrected chi connectivity index (χ3v) is 2.05. The van der Waals surface area contributed by atoms with E-state index in [2.05, 4.69) is 13.0 Å². The van der Waals surface area contributed by atoms with E-state index in [1.807, 2.05) is 19.1 Å². The van der Waals surface area contributed by atoms with Crippen LogP contribution in [0.25, 0.3) is 0 Å². The smallest absolute Gasteiger partial charge is 0.0687 e. The molecule has 1 aromatic carbocycles. The first-order valence-electron chi connectivity index (χ1n) is 3.97. The van der Waals surface area contributed by atoms with E-state index in [0.717, 1.165) is 12.0 Å². The lowest BCUT2D eigenvalue weighted by atomic mass is 10.0. The summed E-state index contributed by atoms with van der Waals surface area (Å²) in [6.07, 6.45) is 0.998. The summed E-state index contributed by atoms with van der Waals surface area (Å²) in [5, 5.41) is 9.03. The van der Waals surface area contributed by atoms with Crippen molar-refractivity contribution in [2.45, 2.75) is 26.9 Å². The number of aliphatic hydroxyl groups excluding tert-OH is 1.